The van der Waals surface area contributed by atoms with Crippen molar-refractivity contribution in [2.45, 2.75) is 427 Å². The van der Waals surface area contributed by atoms with Crippen LogP contribution in [0.2, 0.25) is 0 Å². The molecule has 0 unspecified atom stereocenters. The molecule has 0 radical (unpaired) electrons. The molecule has 0 amide bonds. The molecule has 0 atom stereocenters. The van der Waals surface area contributed by atoms with Crippen LogP contribution in [0.15, 0.2) is 0 Å². The second-order valence-electron chi connectivity index (χ2n) is 26.4. The molecule has 0 fully saturated rings. The first kappa shape index (κ1) is 112. The van der Waals surface area contributed by atoms with Crippen molar-refractivity contribution in [3.05, 3.63) is 0 Å². The summed E-state index contributed by atoms with van der Waals surface area (Å²) in [4.78, 5) is 0. The summed E-state index contributed by atoms with van der Waals surface area (Å²) >= 11 is 57.2. The second kappa shape index (κ2) is 108. The van der Waals surface area contributed by atoms with Gasteiger partial charge in [-0.3, -0.25) is 0 Å². The minimum absolute atomic E-state index is 0. The Bertz CT molecular complexity index is 1250. The maximum Gasteiger partial charge on any atom is 0.0132 e. The monoisotopic (exact) mass is 1660 g/mol. The molecule has 0 saturated heterocycles. The van der Waals surface area contributed by atoms with Crippen molar-refractivity contribution in [3.63, 3.8) is 0 Å². The molecule has 0 aromatic heterocycles. The molecule has 0 bridgehead atoms. The average molecular weight is 1660 g/mol. The molecule has 19 heteroatoms. The first-order chi connectivity index (χ1) is 46.6. The Morgan fingerprint density at radius 1 is 0.155 bits per heavy atom. The van der Waals surface area contributed by atoms with Crippen LogP contribution >= 0.6 is 73.3 Å². The molecule has 0 aliphatic rings. The van der Waals surface area contributed by atoms with Gasteiger partial charge < -0.3 is 181 Å². The van der Waals surface area contributed by atoms with E-state index in [9.17, 15) is 0 Å². The first-order valence-corrected chi connectivity index (χ1v) is 45.2. The number of hydrogen-bond acceptors (Lipinski definition) is 12. The van der Waals surface area contributed by atoms with Gasteiger partial charge in [0.1, 0.15) is 0 Å². The molecular weight excluding hydrogens is 1500 g/mol. The van der Waals surface area contributed by atoms with E-state index in [2.05, 4.69) is 73.4 Å². The van der Waals surface area contributed by atoms with E-state index in [0.29, 0.717) is 25.9 Å². The molecule has 0 heterocycles. The van der Waals surface area contributed by atoms with Crippen molar-refractivity contribution in [3.8, 4) is 0 Å². The second-order valence-corrected chi connectivity index (χ2v) is 32.8. The Hall–Kier alpha value is 1.35. The van der Waals surface area contributed by atoms with Crippen LogP contribution in [0.3, 0.4) is 0 Å². The van der Waals surface area contributed by atoms with Crippen LogP contribution in [0.25, 0.3) is 0 Å². The summed E-state index contributed by atoms with van der Waals surface area (Å²) in [5, 5.41) is 18.1. The molecule has 0 aromatic carbocycles. The Labute approximate surface area is 687 Å². The smallest absolute Gasteiger partial charge is 0.0132 e. The zero-order chi connectivity index (χ0) is 72.4. The van der Waals surface area contributed by atoms with Crippen LogP contribution < -0.4 is 31.9 Å². The molecule has 582 valence electrons. The molecule has 0 aromatic rings. The summed E-state index contributed by atoms with van der Waals surface area (Å²) in [5.41, 5.74) is 0. The fraction of sp³-hybridized carbons (Fsp3) is 0.923. The van der Waals surface area contributed by atoms with E-state index in [0.717, 1.165) is 39.3 Å². The summed E-state index contributed by atoms with van der Waals surface area (Å²) < 4.78 is 3.06. The van der Waals surface area contributed by atoms with Crippen LogP contribution in [-0.4, -0.2) is 65.2 Å². The number of thiocarbonyl (C=S) groups is 6. The van der Waals surface area contributed by atoms with Gasteiger partial charge in [-0.1, -0.05) is 414 Å². The van der Waals surface area contributed by atoms with Crippen molar-refractivity contribution in [1.29, 1.82) is 0 Å². The molecule has 0 saturated carbocycles. The third-order valence-electron chi connectivity index (χ3n) is 16.8. The third-order valence-corrected chi connectivity index (χ3v) is 18.5. The van der Waals surface area contributed by atoms with Crippen molar-refractivity contribution in [2.75, 3.05) is 39.3 Å². The Morgan fingerprint density at radius 3 is 0.299 bits per heavy atom. The van der Waals surface area contributed by atoms with Gasteiger partial charge in [0, 0.05) is 60.3 Å². The van der Waals surface area contributed by atoms with Gasteiger partial charge in [0.05, 0.1) is 0 Å². The molecule has 0 aliphatic heterocycles. The van der Waals surface area contributed by atoms with Gasteiger partial charge in [-0.05, 0) is 38.5 Å². The standard InChI is InChI=1S/6C13H27NS2.Mo/c6*1-2-3-4-5-6-7-8-9-10-11-12-14-13(15)16;/h6*2-12H2,1H3,(H2,14,15,16);/p-6. The van der Waals surface area contributed by atoms with Crippen LogP contribution in [0, 0.1) is 0 Å². The number of hydrogen-bond donors (Lipinski definition) is 6. The molecule has 0 spiro atoms. The normalized spacial score (nSPS) is 10.2. The molecule has 0 rings (SSSR count). The van der Waals surface area contributed by atoms with E-state index in [-0.39, 0.29) is 21.1 Å². The van der Waals surface area contributed by atoms with Crippen molar-refractivity contribution < 1.29 is 21.1 Å². The maximum absolute atomic E-state index is 4.77. The van der Waals surface area contributed by atoms with Gasteiger partial charge in [-0.15, -0.1) is 0 Å². The SMILES string of the molecule is CCCCCCCCCCCCNC(=S)[S-].CCCCCCCCCCCCNC(=S)[S-].CCCCCCCCCCCCNC(=S)[S-].CCCCCCCCCCCCNC(=S)[S-].CCCCCCCCCCCCNC(=S)[S-].CCCCCCCCCCCCNC(=S)[S-].[Mo]. The van der Waals surface area contributed by atoms with E-state index < -0.39 is 0 Å². The fourth-order valence-corrected chi connectivity index (χ4v) is 12.0. The van der Waals surface area contributed by atoms with E-state index in [4.69, 9.17) is 149 Å². The summed E-state index contributed by atoms with van der Waals surface area (Å²) in [5.74, 6) is 0. The predicted octanol–water partition coefficient (Wildman–Crippen LogP) is 26.0. The molecule has 6 nitrogen and oxygen atoms in total. The van der Waals surface area contributed by atoms with Gasteiger partial charge in [0.15, 0.2) is 0 Å². The molecular formula is C78H156MoN6S12-6. The van der Waals surface area contributed by atoms with Crippen molar-refractivity contribution in [1.82, 2.24) is 31.9 Å². The summed E-state index contributed by atoms with van der Waals surface area (Å²) in [6.07, 6.45) is 82.3. The fourth-order valence-electron chi connectivity index (χ4n) is 10.8. The quantitative estimate of drug-likeness (QED) is 0.0151. The van der Waals surface area contributed by atoms with Gasteiger partial charge in [0.25, 0.3) is 0 Å². The van der Waals surface area contributed by atoms with Crippen LogP contribution in [-0.2, 0) is 96.8 Å². The van der Waals surface area contributed by atoms with Gasteiger partial charge >= 0.3 is 0 Å². The van der Waals surface area contributed by atoms with Crippen molar-refractivity contribution in [2.24, 2.45) is 0 Å². The molecule has 0 aliphatic carbocycles. The Kier molecular flexibility index (Phi) is 125. The first-order valence-electron chi connectivity index (χ1n) is 40.3. The van der Waals surface area contributed by atoms with Crippen molar-refractivity contribution >= 4 is 175 Å². The zero-order valence-corrected chi connectivity index (χ0v) is 75.8. The van der Waals surface area contributed by atoms with Gasteiger partial charge in [-0.2, -0.15) is 0 Å². The maximum atomic E-state index is 4.77. The Balaban J connectivity index is -0.000000200. The topological polar surface area (TPSA) is 72.2 Å². The predicted molar refractivity (Wildman–Crippen MR) is 479 cm³/mol. The van der Waals surface area contributed by atoms with Crippen LogP contribution in [0.4, 0.5) is 0 Å². The van der Waals surface area contributed by atoms with E-state index in [1.165, 1.54) is 385 Å². The molecule has 97 heavy (non-hydrogen) atoms. The van der Waals surface area contributed by atoms with Gasteiger partial charge in [-0.25, -0.2) is 0 Å². The molecule has 6 N–H and O–H groups in total. The van der Waals surface area contributed by atoms with Crippen LogP contribution in [0.1, 0.15) is 427 Å². The largest absolute Gasteiger partial charge is 0.412 e. The average Bonchev–Trinajstić information content (AvgIpc) is 3.59. The van der Waals surface area contributed by atoms with E-state index in [1.807, 2.05) is 0 Å². The Morgan fingerprint density at radius 2 is 0.227 bits per heavy atom. The number of unbranched alkanes of at least 4 members (excludes halogenated alkanes) is 54. The van der Waals surface area contributed by atoms with Gasteiger partial charge in [0.2, 0.25) is 0 Å². The van der Waals surface area contributed by atoms with E-state index in [1.54, 1.807) is 0 Å². The van der Waals surface area contributed by atoms with E-state index >= 15 is 0 Å². The zero-order valence-electron chi connectivity index (χ0n) is 64.0. The number of rotatable bonds is 66. The summed E-state index contributed by atoms with van der Waals surface area (Å²) in [6.45, 7) is 19.3. The third kappa shape index (κ3) is 141. The minimum Gasteiger partial charge on any atom is -0.412 e. The summed E-state index contributed by atoms with van der Waals surface area (Å²) in [7, 11) is 0. The van der Waals surface area contributed by atoms with Crippen LogP contribution in [0.5, 0.6) is 0 Å². The number of nitrogens with one attached hydrogen (secondary N) is 6. The summed E-state index contributed by atoms with van der Waals surface area (Å²) in [6, 6.07) is 0. The minimum atomic E-state index is 0.